The van der Waals surface area contributed by atoms with Crippen LogP contribution in [0.25, 0.3) is 0 Å². The molecule has 1 aliphatic heterocycles. The SMILES string of the molecule is CSC1CCC(NC2=NCCCC2)CC1. The highest BCUT2D eigenvalue weighted by molar-refractivity contribution is 7.99. The third-order valence-electron chi connectivity index (χ3n) is 3.50. The van der Waals surface area contributed by atoms with Crippen molar-refractivity contribution >= 4 is 17.6 Å². The minimum Gasteiger partial charge on any atom is -0.371 e. The second-order valence-corrected chi connectivity index (χ2v) is 5.78. The normalized spacial score (nSPS) is 32.2. The monoisotopic (exact) mass is 226 g/mol. The van der Waals surface area contributed by atoms with Crippen LogP contribution in [0.5, 0.6) is 0 Å². The van der Waals surface area contributed by atoms with Crippen LogP contribution < -0.4 is 5.32 Å². The molecule has 86 valence electrons. The number of hydrogen-bond donors (Lipinski definition) is 1. The van der Waals surface area contributed by atoms with Gasteiger partial charge >= 0.3 is 0 Å². The maximum Gasteiger partial charge on any atom is 0.0965 e. The van der Waals surface area contributed by atoms with Gasteiger partial charge < -0.3 is 5.32 Å². The largest absolute Gasteiger partial charge is 0.371 e. The summed E-state index contributed by atoms with van der Waals surface area (Å²) in [6, 6.07) is 0.713. The molecule has 2 nitrogen and oxygen atoms in total. The van der Waals surface area contributed by atoms with Crippen LogP contribution in [0.3, 0.4) is 0 Å². The average molecular weight is 226 g/mol. The van der Waals surface area contributed by atoms with Crippen molar-refractivity contribution in [3.63, 3.8) is 0 Å². The minimum absolute atomic E-state index is 0.713. The summed E-state index contributed by atoms with van der Waals surface area (Å²) in [7, 11) is 0. The van der Waals surface area contributed by atoms with Crippen LogP contribution >= 0.6 is 11.8 Å². The molecular formula is C12H22N2S. The summed E-state index contributed by atoms with van der Waals surface area (Å²) in [4.78, 5) is 4.56. The number of nitrogens with zero attached hydrogens (tertiary/aromatic N) is 1. The fraction of sp³-hybridized carbons (Fsp3) is 0.917. The van der Waals surface area contributed by atoms with Gasteiger partial charge in [0.2, 0.25) is 0 Å². The lowest BCUT2D eigenvalue weighted by molar-refractivity contribution is 0.418. The van der Waals surface area contributed by atoms with E-state index in [-0.39, 0.29) is 0 Å². The Kier molecular flexibility index (Phi) is 4.36. The Morgan fingerprint density at radius 2 is 2.00 bits per heavy atom. The third kappa shape index (κ3) is 3.40. The number of nitrogens with one attached hydrogen (secondary N) is 1. The molecule has 0 aromatic rings. The van der Waals surface area contributed by atoms with E-state index in [1.165, 1.54) is 50.8 Å². The zero-order chi connectivity index (χ0) is 10.5. The quantitative estimate of drug-likeness (QED) is 0.783. The molecule has 0 amide bonds. The fourth-order valence-electron chi connectivity index (χ4n) is 2.49. The average Bonchev–Trinajstić information content (AvgIpc) is 2.31. The predicted octanol–water partition coefficient (Wildman–Crippen LogP) is 2.83. The van der Waals surface area contributed by atoms with Gasteiger partial charge in [-0.05, 0) is 44.8 Å². The molecule has 0 aromatic carbocycles. The molecule has 0 spiro atoms. The standard InChI is InChI=1S/C12H22N2S/c1-15-11-7-5-10(6-8-11)14-12-4-2-3-9-13-12/h10-11H,2-9H2,1H3,(H,13,14). The zero-order valence-corrected chi connectivity index (χ0v) is 10.5. The van der Waals surface area contributed by atoms with E-state index in [1.807, 2.05) is 11.8 Å². The van der Waals surface area contributed by atoms with E-state index in [0.717, 1.165) is 11.8 Å². The summed E-state index contributed by atoms with van der Waals surface area (Å²) >= 11 is 2.04. The van der Waals surface area contributed by atoms with Gasteiger partial charge in [-0.15, -0.1) is 0 Å². The van der Waals surface area contributed by atoms with Gasteiger partial charge in [-0.2, -0.15) is 11.8 Å². The Morgan fingerprint density at radius 3 is 2.60 bits per heavy atom. The molecule has 1 aliphatic carbocycles. The van der Waals surface area contributed by atoms with Gasteiger partial charge in [-0.3, -0.25) is 4.99 Å². The highest BCUT2D eigenvalue weighted by Crippen LogP contribution is 2.27. The van der Waals surface area contributed by atoms with Crippen LogP contribution in [0.2, 0.25) is 0 Å². The molecule has 2 aliphatic rings. The number of aliphatic imine (C=N–C) groups is 1. The molecule has 1 N–H and O–H groups in total. The molecule has 2 rings (SSSR count). The lowest BCUT2D eigenvalue weighted by atomic mass is 9.94. The molecule has 1 saturated carbocycles. The van der Waals surface area contributed by atoms with Gasteiger partial charge in [0.05, 0.1) is 5.84 Å². The first-order chi connectivity index (χ1) is 7.38. The summed E-state index contributed by atoms with van der Waals surface area (Å²) in [6.45, 7) is 1.04. The first-order valence-electron chi connectivity index (χ1n) is 6.21. The van der Waals surface area contributed by atoms with E-state index >= 15 is 0 Å². The molecule has 0 aromatic heterocycles. The molecule has 0 atom stereocenters. The number of thioether (sulfide) groups is 1. The number of hydrogen-bond acceptors (Lipinski definition) is 3. The molecule has 1 heterocycles. The van der Waals surface area contributed by atoms with Crippen molar-refractivity contribution in [3.8, 4) is 0 Å². The highest BCUT2D eigenvalue weighted by Gasteiger charge is 2.21. The second kappa shape index (κ2) is 5.78. The third-order valence-corrected chi connectivity index (χ3v) is 4.64. The van der Waals surface area contributed by atoms with Gasteiger partial charge in [0.1, 0.15) is 0 Å². The Morgan fingerprint density at radius 1 is 1.20 bits per heavy atom. The molecule has 0 radical (unpaired) electrons. The van der Waals surface area contributed by atoms with Gasteiger partial charge in [-0.25, -0.2) is 0 Å². The van der Waals surface area contributed by atoms with Crippen LogP contribution in [-0.4, -0.2) is 29.9 Å². The Balaban J connectivity index is 1.74. The molecule has 0 saturated heterocycles. The number of rotatable bonds is 2. The maximum atomic E-state index is 4.56. The zero-order valence-electron chi connectivity index (χ0n) is 9.67. The molecular weight excluding hydrogens is 204 g/mol. The van der Waals surface area contributed by atoms with Crippen molar-refractivity contribution in [2.75, 3.05) is 12.8 Å². The van der Waals surface area contributed by atoms with Gasteiger partial charge in [-0.1, -0.05) is 0 Å². The Hall–Kier alpha value is -0.180. The molecule has 1 fully saturated rings. The summed E-state index contributed by atoms with van der Waals surface area (Å²) in [5.41, 5.74) is 0. The van der Waals surface area contributed by atoms with E-state index in [2.05, 4.69) is 16.6 Å². The summed E-state index contributed by atoms with van der Waals surface area (Å²) in [5, 5.41) is 4.56. The summed E-state index contributed by atoms with van der Waals surface area (Å²) < 4.78 is 0. The van der Waals surface area contributed by atoms with E-state index in [1.54, 1.807) is 0 Å². The first kappa shape index (κ1) is 11.3. The maximum absolute atomic E-state index is 4.56. The van der Waals surface area contributed by atoms with Crippen molar-refractivity contribution in [1.82, 2.24) is 5.32 Å². The smallest absolute Gasteiger partial charge is 0.0965 e. The van der Waals surface area contributed by atoms with E-state index in [9.17, 15) is 0 Å². The van der Waals surface area contributed by atoms with Crippen molar-refractivity contribution < 1.29 is 0 Å². The van der Waals surface area contributed by atoms with Crippen LogP contribution in [0.4, 0.5) is 0 Å². The van der Waals surface area contributed by atoms with Crippen LogP contribution in [0.1, 0.15) is 44.9 Å². The van der Waals surface area contributed by atoms with Crippen LogP contribution in [0, 0.1) is 0 Å². The molecule has 0 bridgehead atoms. The van der Waals surface area contributed by atoms with Crippen molar-refractivity contribution in [1.29, 1.82) is 0 Å². The lowest BCUT2D eigenvalue weighted by Crippen LogP contribution is -2.38. The summed E-state index contributed by atoms with van der Waals surface area (Å²) in [5.74, 6) is 1.29. The van der Waals surface area contributed by atoms with Crippen LogP contribution in [0.15, 0.2) is 4.99 Å². The first-order valence-corrected chi connectivity index (χ1v) is 7.50. The van der Waals surface area contributed by atoms with Gasteiger partial charge in [0, 0.05) is 24.3 Å². The van der Waals surface area contributed by atoms with Gasteiger partial charge in [0.25, 0.3) is 0 Å². The number of amidine groups is 1. The predicted molar refractivity (Wildman–Crippen MR) is 68.8 cm³/mol. The van der Waals surface area contributed by atoms with Crippen molar-refractivity contribution in [3.05, 3.63) is 0 Å². The topological polar surface area (TPSA) is 24.4 Å². The Bertz CT molecular complexity index is 220. The second-order valence-electron chi connectivity index (χ2n) is 4.64. The Labute approximate surface area is 97.3 Å². The van der Waals surface area contributed by atoms with E-state index in [4.69, 9.17) is 0 Å². The van der Waals surface area contributed by atoms with Crippen LogP contribution in [-0.2, 0) is 0 Å². The van der Waals surface area contributed by atoms with Crippen molar-refractivity contribution in [2.45, 2.75) is 56.2 Å². The summed E-state index contributed by atoms with van der Waals surface area (Å²) in [6.07, 6.45) is 11.5. The van der Waals surface area contributed by atoms with Crippen molar-refractivity contribution in [2.24, 2.45) is 4.99 Å². The molecule has 15 heavy (non-hydrogen) atoms. The molecule has 0 unspecified atom stereocenters. The van der Waals surface area contributed by atoms with E-state index < -0.39 is 0 Å². The lowest BCUT2D eigenvalue weighted by Gasteiger charge is -2.29. The highest BCUT2D eigenvalue weighted by atomic mass is 32.2. The molecule has 3 heteroatoms. The van der Waals surface area contributed by atoms with E-state index in [0.29, 0.717) is 6.04 Å². The fourth-order valence-corrected chi connectivity index (χ4v) is 3.24. The van der Waals surface area contributed by atoms with Gasteiger partial charge in [0.15, 0.2) is 0 Å². The minimum atomic E-state index is 0.713.